The minimum absolute atomic E-state index is 0.0505. The highest BCUT2D eigenvalue weighted by Crippen LogP contribution is 2.29. The number of nitrogens with zero attached hydrogens (tertiary/aromatic N) is 7. The highest BCUT2D eigenvalue weighted by Gasteiger charge is 2.38. The van der Waals surface area contributed by atoms with Crippen molar-refractivity contribution in [1.29, 1.82) is 0 Å². The van der Waals surface area contributed by atoms with Gasteiger partial charge in [0, 0.05) is 38.3 Å². The van der Waals surface area contributed by atoms with Crippen molar-refractivity contribution in [3.8, 4) is 0 Å². The molecule has 0 N–H and O–H groups in total. The molecule has 3 aliphatic heterocycles. The normalized spacial score (nSPS) is 22.3. The van der Waals surface area contributed by atoms with Crippen molar-refractivity contribution in [3.05, 3.63) is 36.4 Å². The van der Waals surface area contributed by atoms with E-state index in [9.17, 15) is 9.59 Å². The lowest BCUT2D eigenvalue weighted by molar-refractivity contribution is -0.135. The van der Waals surface area contributed by atoms with E-state index in [0.717, 1.165) is 12.8 Å². The maximum Gasteiger partial charge on any atom is 0.272 e. The quantitative estimate of drug-likeness (QED) is 0.778. The SMILES string of the molecule is O=C(c1ccccn1)N1C[C@H]2CC[C@@H](C1)N(C(=O)CCn1cnnn1)C2. The third-order valence-electron chi connectivity index (χ3n) is 5.15. The van der Waals surface area contributed by atoms with Gasteiger partial charge in [0.25, 0.3) is 5.91 Å². The fraction of sp³-hybridized carbons (Fsp3) is 0.529. The van der Waals surface area contributed by atoms with Gasteiger partial charge in [-0.25, -0.2) is 4.68 Å². The number of fused-ring (bicyclic) bond motifs is 4. The molecule has 26 heavy (non-hydrogen) atoms. The smallest absolute Gasteiger partial charge is 0.272 e. The van der Waals surface area contributed by atoms with Crippen LogP contribution in [0.5, 0.6) is 0 Å². The molecular weight excluding hydrogens is 334 g/mol. The number of tetrazole rings is 1. The van der Waals surface area contributed by atoms with E-state index in [1.165, 1.54) is 6.33 Å². The zero-order valence-corrected chi connectivity index (χ0v) is 14.4. The predicted octanol–water partition coefficient (Wildman–Crippen LogP) is 0.221. The molecule has 3 fully saturated rings. The largest absolute Gasteiger partial charge is 0.338 e. The number of aromatic nitrogens is 5. The maximum absolute atomic E-state index is 12.8. The molecular formula is C17H21N7O2. The summed E-state index contributed by atoms with van der Waals surface area (Å²) in [6.07, 6.45) is 5.49. The highest BCUT2D eigenvalue weighted by molar-refractivity contribution is 5.92. The van der Waals surface area contributed by atoms with Gasteiger partial charge in [-0.2, -0.15) is 0 Å². The molecule has 2 aromatic heterocycles. The van der Waals surface area contributed by atoms with Gasteiger partial charge in [0.1, 0.15) is 12.0 Å². The first kappa shape index (κ1) is 16.6. The Morgan fingerprint density at radius 1 is 1.15 bits per heavy atom. The van der Waals surface area contributed by atoms with E-state index in [0.29, 0.717) is 44.2 Å². The van der Waals surface area contributed by atoms with Gasteiger partial charge >= 0.3 is 0 Å². The Kier molecular flexibility index (Phi) is 4.59. The molecule has 0 aromatic carbocycles. The average Bonchev–Trinajstić information content (AvgIpc) is 3.04. The average molecular weight is 355 g/mol. The minimum atomic E-state index is -0.0505. The Labute approximate surface area is 151 Å². The van der Waals surface area contributed by atoms with Crippen LogP contribution in [0, 0.1) is 5.92 Å². The van der Waals surface area contributed by atoms with Crippen LogP contribution >= 0.6 is 0 Å². The Morgan fingerprint density at radius 3 is 2.85 bits per heavy atom. The number of carbonyl (C=O) groups excluding carboxylic acids is 2. The van der Waals surface area contributed by atoms with Crippen molar-refractivity contribution >= 4 is 11.8 Å². The molecule has 9 nitrogen and oxygen atoms in total. The van der Waals surface area contributed by atoms with Crippen molar-refractivity contribution < 1.29 is 9.59 Å². The number of aryl methyl sites for hydroxylation is 1. The zero-order chi connectivity index (χ0) is 17.9. The Bertz CT molecular complexity index is 765. The molecule has 0 spiro atoms. The second kappa shape index (κ2) is 7.19. The summed E-state index contributed by atoms with van der Waals surface area (Å²) >= 11 is 0. The molecule has 5 heterocycles. The van der Waals surface area contributed by atoms with Gasteiger partial charge in [0.05, 0.1) is 6.54 Å². The number of hydrogen-bond acceptors (Lipinski definition) is 6. The van der Waals surface area contributed by atoms with Crippen molar-refractivity contribution in [3.63, 3.8) is 0 Å². The van der Waals surface area contributed by atoms with Crippen LogP contribution in [0.1, 0.15) is 29.8 Å². The summed E-state index contributed by atoms with van der Waals surface area (Å²) in [7, 11) is 0. The lowest BCUT2D eigenvalue weighted by atomic mass is 9.94. The number of hydrogen-bond donors (Lipinski definition) is 0. The number of pyridine rings is 1. The molecule has 2 atom stereocenters. The van der Waals surface area contributed by atoms with Crippen LogP contribution < -0.4 is 0 Å². The van der Waals surface area contributed by atoms with Gasteiger partial charge in [0.15, 0.2) is 0 Å². The van der Waals surface area contributed by atoms with E-state index in [1.807, 2.05) is 15.9 Å². The first-order valence-corrected chi connectivity index (χ1v) is 8.91. The van der Waals surface area contributed by atoms with E-state index in [4.69, 9.17) is 0 Å². The lowest BCUT2D eigenvalue weighted by Crippen LogP contribution is -2.48. The van der Waals surface area contributed by atoms with Gasteiger partial charge in [-0.1, -0.05) is 6.07 Å². The molecule has 2 amide bonds. The van der Waals surface area contributed by atoms with E-state index >= 15 is 0 Å². The molecule has 0 unspecified atom stereocenters. The van der Waals surface area contributed by atoms with Gasteiger partial charge < -0.3 is 9.80 Å². The second-order valence-corrected chi connectivity index (χ2v) is 6.89. The summed E-state index contributed by atoms with van der Waals surface area (Å²) in [5.74, 6) is 0.367. The van der Waals surface area contributed by atoms with Crippen LogP contribution in [0.25, 0.3) is 0 Å². The van der Waals surface area contributed by atoms with Gasteiger partial charge in [-0.15, -0.1) is 5.10 Å². The Balaban J connectivity index is 1.43. The van der Waals surface area contributed by atoms with Crippen LogP contribution in [0.3, 0.4) is 0 Å². The Hall–Kier alpha value is -2.84. The molecule has 3 saturated heterocycles. The summed E-state index contributed by atoms with van der Waals surface area (Å²) in [5, 5.41) is 11.0. The van der Waals surface area contributed by atoms with Crippen molar-refractivity contribution in [2.24, 2.45) is 5.92 Å². The zero-order valence-electron chi connectivity index (χ0n) is 14.4. The first-order valence-electron chi connectivity index (χ1n) is 8.91. The number of carbonyl (C=O) groups is 2. The molecule has 9 heteroatoms. The standard InChI is InChI=1S/C17H21N7O2/c25-16(6-8-23-12-19-20-21-23)24-10-13-4-5-14(24)11-22(9-13)17(26)15-3-1-2-7-18-15/h1-3,7,12-14H,4-6,8-11H2/t13-,14+/m1/s1. The molecule has 0 aliphatic carbocycles. The summed E-state index contributed by atoms with van der Waals surface area (Å²) in [5.41, 5.74) is 0.463. The molecule has 2 aromatic rings. The van der Waals surface area contributed by atoms with Crippen LogP contribution in [-0.4, -0.2) is 72.5 Å². The third-order valence-corrected chi connectivity index (χ3v) is 5.15. The monoisotopic (exact) mass is 355 g/mol. The van der Waals surface area contributed by atoms with Gasteiger partial charge in [-0.3, -0.25) is 14.6 Å². The number of amides is 2. The van der Waals surface area contributed by atoms with Crippen LogP contribution in [-0.2, 0) is 11.3 Å². The van der Waals surface area contributed by atoms with Crippen molar-refractivity contribution in [2.45, 2.75) is 31.8 Å². The molecule has 0 saturated carbocycles. The van der Waals surface area contributed by atoms with Crippen molar-refractivity contribution in [2.75, 3.05) is 19.6 Å². The van der Waals surface area contributed by atoms with Crippen molar-refractivity contribution in [1.82, 2.24) is 35.0 Å². The summed E-state index contributed by atoms with van der Waals surface area (Å²) in [6.45, 7) is 2.44. The molecule has 5 rings (SSSR count). The maximum atomic E-state index is 12.8. The van der Waals surface area contributed by atoms with Gasteiger partial charge in [-0.05, 0) is 41.3 Å². The number of piperidine rings is 1. The predicted molar refractivity (Wildman–Crippen MR) is 90.8 cm³/mol. The summed E-state index contributed by atoms with van der Waals surface area (Å²) < 4.78 is 1.56. The molecule has 0 radical (unpaired) electrons. The van der Waals surface area contributed by atoms with E-state index in [-0.39, 0.29) is 17.9 Å². The second-order valence-electron chi connectivity index (χ2n) is 6.89. The fourth-order valence-corrected chi connectivity index (χ4v) is 3.84. The molecule has 3 aliphatic rings. The molecule has 2 bridgehead atoms. The Morgan fingerprint density at radius 2 is 2.08 bits per heavy atom. The van der Waals surface area contributed by atoms with E-state index in [2.05, 4.69) is 20.5 Å². The van der Waals surface area contributed by atoms with E-state index < -0.39 is 0 Å². The molecule has 136 valence electrons. The lowest BCUT2D eigenvalue weighted by Gasteiger charge is -2.36. The summed E-state index contributed by atoms with van der Waals surface area (Å²) in [6, 6.07) is 5.43. The highest BCUT2D eigenvalue weighted by atomic mass is 16.2. The van der Waals surface area contributed by atoms with Crippen LogP contribution in [0.4, 0.5) is 0 Å². The van der Waals surface area contributed by atoms with E-state index in [1.54, 1.807) is 23.0 Å². The fourth-order valence-electron chi connectivity index (χ4n) is 3.84. The summed E-state index contributed by atoms with van der Waals surface area (Å²) in [4.78, 5) is 33.5. The minimum Gasteiger partial charge on any atom is -0.338 e. The van der Waals surface area contributed by atoms with Crippen LogP contribution in [0.2, 0.25) is 0 Å². The first-order chi connectivity index (χ1) is 12.7. The van der Waals surface area contributed by atoms with Gasteiger partial charge in [0.2, 0.25) is 5.91 Å². The third kappa shape index (κ3) is 3.42. The number of rotatable bonds is 4. The topological polar surface area (TPSA) is 97.1 Å². The van der Waals surface area contributed by atoms with Crippen LogP contribution in [0.15, 0.2) is 30.7 Å².